The summed E-state index contributed by atoms with van der Waals surface area (Å²) in [4.78, 5) is 17.1. The second-order valence-electron chi connectivity index (χ2n) is 7.04. The molecule has 1 amide bonds. The molecule has 2 aromatic rings. The van der Waals surface area contributed by atoms with Crippen molar-refractivity contribution < 1.29 is 9.53 Å². The van der Waals surface area contributed by atoms with E-state index in [1.54, 1.807) is 6.20 Å². The lowest BCUT2D eigenvalue weighted by Gasteiger charge is -2.12. The first-order valence-electron chi connectivity index (χ1n) is 10.1. The number of benzene rings is 1. The van der Waals surface area contributed by atoms with Crippen LogP contribution in [0, 0.1) is 0 Å². The first-order chi connectivity index (χ1) is 14.2. The van der Waals surface area contributed by atoms with Crippen molar-refractivity contribution in [3.05, 3.63) is 53.3 Å². The molecule has 156 valence electrons. The standard InChI is InChI=1S/C21H30N6O2/c1-3-22-21(25-14-18-9-10-26-27(18)2)24-13-16-6-4-7-17(12-16)20(28)23-15-19-8-5-11-29-19/h4,6-7,9-10,12,19H,3,5,8,11,13-15H2,1-2H3,(H,23,28)(H2,22,24,25). The molecule has 0 spiro atoms. The van der Waals surface area contributed by atoms with Crippen LogP contribution in [0.25, 0.3) is 0 Å². The number of aliphatic imine (C=N–C) groups is 1. The fourth-order valence-corrected chi connectivity index (χ4v) is 3.19. The number of amides is 1. The molecule has 29 heavy (non-hydrogen) atoms. The van der Waals surface area contributed by atoms with Gasteiger partial charge < -0.3 is 20.7 Å². The molecule has 1 aromatic carbocycles. The molecule has 8 heteroatoms. The zero-order valence-corrected chi connectivity index (χ0v) is 17.1. The third-order valence-electron chi connectivity index (χ3n) is 4.83. The Morgan fingerprint density at radius 1 is 1.31 bits per heavy atom. The van der Waals surface area contributed by atoms with Crippen LogP contribution in [0.4, 0.5) is 0 Å². The zero-order chi connectivity index (χ0) is 20.5. The van der Waals surface area contributed by atoms with Crippen LogP contribution in [-0.2, 0) is 24.9 Å². The van der Waals surface area contributed by atoms with E-state index in [-0.39, 0.29) is 12.0 Å². The van der Waals surface area contributed by atoms with E-state index in [1.165, 1.54) is 0 Å². The lowest BCUT2D eigenvalue weighted by Crippen LogP contribution is -2.37. The van der Waals surface area contributed by atoms with Crippen molar-refractivity contribution in [3.63, 3.8) is 0 Å². The van der Waals surface area contributed by atoms with Crippen molar-refractivity contribution in [3.8, 4) is 0 Å². The van der Waals surface area contributed by atoms with Crippen LogP contribution >= 0.6 is 0 Å². The highest BCUT2D eigenvalue weighted by Gasteiger charge is 2.16. The van der Waals surface area contributed by atoms with Crippen molar-refractivity contribution in [2.24, 2.45) is 12.0 Å². The van der Waals surface area contributed by atoms with Gasteiger partial charge in [-0.3, -0.25) is 9.48 Å². The van der Waals surface area contributed by atoms with E-state index >= 15 is 0 Å². The van der Waals surface area contributed by atoms with E-state index in [0.29, 0.717) is 25.2 Å². The summed E-state index contributed by atoms with van der Waals surface area (Å²) in [6.07, 6.45) is 3.99. The Morgan fingerprint density at radius 2 is 2.21 bits per heavy atom. The number of hydrogen-bond donors (Lipinski definition) is 3. The molecule has 3 N–H and O–H groups in total. The van der Waals surface area contributed by atoms with E-state index in [4.69, 9.17) is 4.74 Å². The lowest BCUT2D eigenvalue weighted by atomic mass is 10.1. The van der Waals surface area contributed by atoms with Gasteiger partial charge in [0.25, 0.3) is 5.91 Å². The maximum absolute atomic E-state index is 12.4. The van der Waals surface area contributed by atoms with Gasteiger partial charge in [0.2, 0.25) is 0 Å². The molecule has 0 aliphatic carbocycles. The Bertz CT molecular complexity index is 826. The molecule has 0 radical (unpaired) electrons. The van der Waals surface area contributed by atoms with Crippen molar-refractivity contribution in [2.45, 2.75) is 39.0 Å². The monoisotopic (exact) mass is 398 g/mol. The van der Waals surface area contributed by atoms with Gasteiger partial charge in [0.05, 0.1) is 24.9 Å². The molecular formula is C21H30N6O2. The van der Waals surface area contributed by atoms with Crippen LogP contribution in [-0.4, -0.2) is 47.4 Å². The zero-order valence-electron chi connectivity index (χ0n) is 17.1. The molecule has 1 fully saturated rings. The maximum Gasteiger partial charge on any atom is 0.251 e. The molecule has 1 saturated heterocycles. The molecule has 1 aliphatic heterocycles. The normalized spacial score (nSPS) is 16.6. The first-order valence-corrected chi connectivity index (χ1v) is 10.1. The number of nitrogens with zero attached hydrogens (tertiary/aromatic N) is 3. The minimum absolute atomic E-state index is 0.0763. The minimum Gasteiger partial charge on any atom is -0.376 e. The molecule has 1 aliphatic rings. The van der Waals surface area contributed by atoms with Crippen LogP contribution in [0.15, 0.2) is 41.5 Å². The highest BCUT2D eigenvalue weighted by Crippen LogP contribution is 2.11. The van der Waals surface area contributed by atoms with Gasteiger partial charge in [0.1, 0.15) is 0 Å². The van der Waals surface area contributed by atoms with Crippen LogP contribution in [0.3, 0.4) is 0 Å². The number of hydrogen-bond acceptors (Lipinski definition) is 4. The molecular weight excluding hydrogens is 368 g/mol. The largest absolute Gasteiger partial charge is 0.376 e. The molecule has 1 unspecified atom stereocenters. The van der Waals surface area contributed by atoms with E-state index in [1.807, 2.05) is 49.0 Å². The van der Waals surface area contributed by atoms with Gasteiger partial charge in [-0.2, -0.15) is 5.10 Å². The van der Waals surface area contributed by atoms with Gasteiger partial charge in [-0.15, -0.1) is 0 Å². The molecule has 0 saturated carbocycles. The Kier molecular flexibility index (Phi) is 7.63. The van der Waals surface area contributed by atoms with Crippen LogP contribution in [0.5, 0.6) is 0 Å². The van der Waals surface area contributed by atoms with Crippen LogP contribution in [0.2, 0.25) is 0 Å². The van der Waals surface area contributed by atoms with E-state index in [0.717, 1.165) is 43.2 Å². The highest BCUT2D eigenvalue weighted by molar-refractivity contribution is 5.94. The van der Waals surface area contributed by atoms with Crippen LogP contribution < -0.4 is 16.0 Å². The van der Waals surface area contributed by atoms with E-state index in [2.05, 4.69) is 26.0 Å². The van der Waals surface area contributed by atoms with Crippen molar-refractivity contribution in [1.82, 2.24) is 25.7 Å². The van der Waals surface area contributed by atoms with Gasteiger partial charge in [-0.05, 0) is 43.5 Å². The molecule has 0 bridgehead atoms. The number of aromatic nitrogens is 2. The second-order valence-corrected chi connectivity index (χ2v) is 7.04. The molecule has 1 aromatic heterocycles. The summed E-state index contributed by atoms with van der Waals surface area (Å²) in [5.41, 5.74) is 2.69. The third kappa shape index (κ3) is 6.32. The summed E-state index contributed by atoms with van der Waals surface area (Å²) in [7, 11) is 1.91. The van der Waals surface area contributed by atoms with Crippen LogP contribution in [0.1, 0.15) is 41.4 Å². The van der Waals surface area contributed by atoms with Gasteiger partial charge >= 0.3 is 0 Å². The number of nitrogens with one attached hydrogen (secondary N) is 3. The number of carbonyl (C=O) groups excluding carboxylic acids is 1. The smallest absolute Gasteiger partial charge is 0.251 e. The number of ether oxygens (including phenoxy) is 1. The number of guanidine groups is 1. The average molecular weight is 399 g/mol. The lowest BCUT2D eigenvalue weighted by molar-refractivity contribution is 0.0857. The van der Waals surface area contributed by atoms with Crippen molar-refractivity contribution in [2.75, 3.05) is 19.7 Å². The Morgan fingerprint density at radius 3 is 2.93 bits per heavy atom. The summed E-state index contributed by atoms with van der Waals surface area (Å²) in [6, 6.07) is 9.55. The third-order valence-corrected chi connectivity index (χ3v) is 4.83. The fraction of sp³-hybridized carbons (Fsp3) is 0.476. The van der Waals surface area contributed by atoms with Gasteiger partial charge in [0, 0.05) is 38.5 Å². The summed E-state index contributed by atoms with van der Waals surface area (Å²) in [5, 5.41) is 13.7. The number of aryl methyl sites for hydroxylation is 1. The van der Waals surface area contributed by atoms with E-state index in [9.17, 15) is 4.79 Å². The van der Waals surface area contributed by atoms with Crippen molar-refractivity contribution in [1.29, 1.82) is 0 Å². The Balaban J connectivity index is 1.56. The first kappa shape index (κ1) is 20.9. The Labute approximate surface area is 171 Å². The van der Waals surface area contributed by atoms with Gasteiger partial charge in [0.15, 0.2) is 5.96 Å². The predicted molar refractivity (Wildman–Crippen MR) is 113 cm³/mol. The molecule has 2 heterocycles. The average Bonchev–Trinajstić information content (AvgIpc) is 3.40. The number of carbonyl (C=O) groups is 1. The number of rotatable bonds is 8. The summed E-state index contributed by atoms with van der Waals surface area (Å²) < 4.78 is 7.38. The summed E-state index contributed by atoms with van der Waals surface area (Å²) >= 11 is 0. The topological polar surface area (TPSA) is 92.6 Å². The highest BCUT2D eigenvalue weighted by atomic mass is 16.5. The Hall–Kier alpha value is -2.87. The predicted octanol–water partition coefficient (Wildman–Crippen LogP) is 1.58. The second kappa shape index (κ2) is 10.6. The summed E-state index contributed by atoms with van der Waals surface area (Å²) in [6.45, 7) is 5.26. The molecule has 8 nitrogen and oxygen atoms in total. The summed E-state index contributed by atoms with van der Waals surface area (Å²) in [5.74, 6) is 0.648. The van der Waals surface area contributed by atoms with E-state index < -0.39 is 0 Å². The van der Waals surface area contributed by atoms with Gasteiger partial charge in [-0.25, -0.2) is 4.99 Å². The minimum atomic E-state index is -0.0763. The molecule has 3 rings (SSSR count). The fourth-order valence-electron chi connectivity index (χ4n) is 3.19. The van der Waals surface area contributed by atoms with Gasteiger partial charge in [-0.1, -0.05) is 12.1 Å². The SMILES string of the molecule is CCNC(=NCc1cccc(C(=O)NCC2CCCO2)c1)NCc1ccnn1C. The molecule has 1 atom stereocenters. The quantitative estimate of drug-likeness (QED) is 0.464. The van der Waals surface area contributed by atoms with Crippen molar-refractivity contribution >= 4 is 11.9 Å². The maximum atomic E-state index is 12.4.